The van der Waals surface area contributed by atoms with E-state index in [-0.39, 0.29) is 17.8 Å². The van der Waals surface area contributed by atoms with Crippen LogP contribution in [0.25, 0.3) is 0 Å². The van der Waals surface area contributed by atoms with Crippen LogP contribution in [-0.4, -0.2) is 20.7 Å². The van der Waals surface area contributed by atoms with Gasteiger partial charge in [-0.05, 0) is 43.4 Å². The molecule has 0 bridgehead atoms. The second kappa shape index (κ2) is 5.31. The predicted octanol–water partition coefficient (Wildman–Crippen LogP) is 2.11. The summed E-state index contributed by atoms with van der Waals surface area (Å²) in [5.41, 5.74) is 0.394. The van der Waals surface area contributed by atoms with Gasteiger partial charge in [-0.25, -0.2) is 4.39 Å². The molecule has 100 valence electrons. The van der Waals surface area contributed by atoms with E-state index < -0.39 is 0 Å². The zero-order valence-corrected chi connectivity index (χ0v) is 11.3. The van der Waals surface area contributed by atoms with Crippen LogP contribution in [-0.2, 0) is 7.05 Å². The fourth-order valence-corrected chi connectivity index (χ4v) is 1.83. The number of hydrogen-bond donors (Lipinski definition) is 2. The highest BCUT2D eigenvalue weighted by Gasteiger charge is 2.15. The van der Waals surface area contributed by atoms with Crippen molar-refractivity contribution in [2.75, 3.05) is 0 Å². The van der Waals surface area contributed by atoms with Gasteiger partial charge in [-0.2, -0.15) is 5.10 Å². The molecule has 0 saturated carbocycles. The van der Waals surface area contributed by atoms with Gasteiger partial charge in [-0.1, -0.05) is 0 Å². The van der Waals surface area contributed by atoms with E-state index in [1.807, 2.05) is 0 Å². The summed E-state index contributed by atoms with van der Waals surface area (Å²) < 4.78 is 14.9. The van der Waals surface area contributed by atoms with Crippen molar-refractivity contribution in [3.63, 3.8) is 0 Å². The third-order valence-electron chi connectivity index (χ3n) is 2.76. The van der Waals surface area contributed by atoms with E-state index in [0.29, 0.717) is 16.2 Å². The molecule has 2 aromatic rings. The molecule has 0 radical (unpaired) electrons. The van der Waals surface area contributed by atoms with Crippen LogP contribution < -0.4 is 5.32 Å². The van der Waals surface area contributed by atoms with Gasteiger partial charge in [0.05, 0.1) is 6.04 Å². The number of hydrogen-bond acceptors (Lipinski definition) is 3. The van der Waals surface area contributed by atoms with Crippen molar-refractivity contribution in [1.29, 1.82) is 0 Å². The molecule has 0 aliphatic carbocycles. The van der Waals surface area contributed by atoms with Gasteiger partial charge in [-0.15, -0.1) is 0 Å². The predicted molar refractivity (Wildman–Crippen MR) is 70.7 cm³/mol. The molecule has 1 amide bonds. The Morgan fingerprint density at radius 3 is 2.63 bits per heavy atom. The van der Waals surface area contributed by atoms with Crippen molar-refractivity contribution in [2.45, 2.75) is 13.0 Å². The molecular formula is C12H13FN4OS. The second-order valence-electron chi connectivity index (χ2n) is 4.15. The van der Waals surface area contributed by atoms with E-state index in [0.717, 1.165) is 0 Å². The molecule has 0 aliphatic heterocycles. The van der Waals surface area contributed by atoms with E-state index in [1.54, 1.807) is 18.5 Å². The van der Waals surface area contributed by atoms with E-state index in [2.05, 4.69) is 15.5 Å². The average Bonchev–Trinajstić information content (AvgIpc) is 2.70. The molecule has 2 N–H and O–H groups in total. The van der Waals surface area contributed by atoms with Crippen molar-refractivity contribution < 1.29 is 9.18 Å². The zero-order chi connectivity index (χ0) is 14.0. The molecule has 2 rings (SSSR count). The fraction of sp³-hybridized carbons (Fsp3) is 0.250. The van der Waals surface area contributed by atoms with Crippen LogP contribution in [0.1, 0.15) is 29.1 Å². The second-order valence-corrected chi connectivity index (χ2v) is 4.53. The zero-order valence-electron chi connectivity index (χ0n) is 10.5. The first-order valence-electron chi connectivity index (χ1n) is 5.66. The highest BCUT2D eigenvalue weighted by Crippen LogP contribution is 2.10. The van der Waals surface area contributed by atoms with Crippen molar-refractivity contribution in [2.24, 2.45) is 7.05 Å². The highest BCUT2D eigenvalue weighted by atomic mass is 32.1. The van der Waals surface area contributed by atoms with Crippen LogP contribution >= 0.6 is 12.2 Å². The molecule has 0 aliphatic rings. The number of aromatic amines is 1. The molecule has 7 heteroatoms. The molecule has 19 heavy (non-hydrogen) atoms. The lowest BCUT2D eigenvalue weighted by molar-refractivity contribution is 0.0937. The summed E-state index contributed by atoms with van der Waals surface area (Å²) >= 11 is 5.01. The van der Waals surface area contributed by atoms with Gasteiger partial charge in [0.15, 0.2) is 10.6 Å². The normalized spacial score (nSPS) is 12.2. The maximum Gasteiger partial charge on any atom is 0.251 e. The van der Waals surface area contributed by atoms with Crippen LogP contribution in [0.2, 0.25) is 0 Å². The molecule has 0 saturated heterocycles. The SMILES string of the molecule is C[C@@H](NC(=O)c1ccc(F)cc1)c1n[nH]c(=S)n1C. The van der Waals surface area contributed by atoms with Crippen LogP contribution in [0.5, 0.6) is 0 Å². The Morgan fingerprint density at radius 1 is 1.47 bits per heavy atom. The standard InChI is InChI=1S/C12H13FN4OS/c1-7(10-15-16-12(19)17(10)2)14-11(18)8-3-5-9(13)6-4-8/h3-7H,1-2H3,(H,14,18)(H,16,19)/t7-/m1/s1. The largest absolute Gasteiger partial charge is 0.342 e. The van der Waals surface area contributed by atoms with Gasteiger partial charge in [-0.3, -0.25) is 9.89 Å². The minimum absolute atomic E-state index is 0.290. The number of amides is 1. The molecule has 0 spiro atoms. The van der Waals surface area contributed by atoms with E-state index in [9.17, 15) is 9.18 Å². The van der Waals surface area contributed by atoms with Crippen LogP contribution in [0.4, 0.5) is 4.39 Å². The molecule has 1 atom stereocenters. The Labute approximate surface area is 114 Å². The summed E-state index contributed by atoms with van der Waals surface area (Å²) in [7, 11) is 1.77. The number of carbonyl (C=O) groups excluding carboxylic acids is 1. The maximum absolute atomic E-state index is 12.8. The summed E-state index contributed by atoms with van der Waals surface area (Å²) in [5, 5.41) is 9.48. The quantitative estimate of drug-likeness (QED) is 0.846. The van der Waals surface area contributed by atoms with Gasteiger partial charge in [0, 0.05) is 12.6 Å². The molecule has 0 unspecified atom stereocenters. The highest BCUT2D eigenvalue weighted by molar-refractivity contribution is 7.71. The number of rotatable bonds is 3. The van der Waals surface area contributed by atoms with Crippen molar-refractivity contribution in [3.8, 4) is 0 Å². The topological polar surface area (TPSA) is 62.7 Å². The van der Waals surface area contributed by atoms with E-state index in [4.69, 9.17) is 12.2 Å². The van der Waals surface area contributed by atoms with Gasteiger partial charge >= 0.3 is 0 Å². The number of nitrogens with one attached hydrogen (secondary N) is 2. The lowest BCUT2D eigenvalue weighted by Crippen LogP contribution is -2.28. The third-order valence-corrected chi connectivity index (χ3v) is 3.12. The molecule has 5 nitrogen and oxygen atoms in total. The van der Waals surface area contributed by atoms with Gasteiger partial charge in [0.1, 0.15) is 5.82 Å². The van der Waals surface area contributed by atoms with Crippen LogP contribution in [0, 0.1) is 10.6 Å². The first-order chi connectivity index (χ1) is 8.99. The number of aromatic nitrogens is 3. The summed E-state index contributed by atoms with van der Waals surface area (Å²) in [6.45, 7) is 1.80. The van der Waals surface area contributed by atoms with Gasteiger partial charge in [0.2, 0.25) is 0 Å². The Morgan fingerprint density at radius 2 is 2.11 bits per heavy atom. The summed E-state index contributed by atoms with van der Waals surface area (Å²) in [6.07, 6.45) is 0. The lowest BCUT2D eigenvalue weighted by Gasteiger charge is -2.12. The minimum Gasteiger partial charge on any atom is -0.342 e. The molecule has 1 aromatic heterocycles. The van der Waals surface area contributed by atoms with Crippen LogP contribution in [0.15, 0.2) is 24.3 Å². The van der Waals surface area contributed by atoms with E-state index in [1.165, 1.54) is 24.3 Å². The molecule has 1 heterocycles. The number of H-pyrrole nitrogens is 1. The maximum atomic E-state index is 12.8. The number of halogens is 1. The number of nitrogens with zero attached hydrogens (tertiary/aromatic N) is 2. The molecular weight excluding hydrogens is 267 g/mol. The Balaban J connectivity index is 2.13. The van der Waals surface area contributed by atoms with Crippen LogP contribution in [0.3, 0.4) is 0 Å². The van der Waals surface area contributed by atoms with Gasteiger partial charge < -0.3 is 9.88 Å². The monoisotopic (exact) mass is 280 g/mol. The molecule has 0 fully saturated rings. The van der Waals surface area contributed by atoms with Crippen molar-refractivity contribution >= 4 is 18.1 Å². The third kappa shape index (κ3) is 2.87. The Kier molecular flexibility index (Phi) is 3.75. The summed E-state index contributed by atoms with van der Waals surface area (Å²) in [6, 6.07) is 5.04. The smallest absolute Gasteiger partial charge is 0.251 e. The fourth-order valence-electron chi connectivity index (χ4n) is 1.69. The molecule has 1 aromatic carbocycles. The van der Waals surface area contributed by atoms with E-state index >= 15 is 0 Å². The minimum atomic E-state index is -0.376. The lowest BCUT2D eigenvalue weighted by atomic mass is 10.2. The Bertz CT molecular complexity index is 646. The first-order valence-corrected chi connectivity index (χ1v) is 6.07. The number of benzene rings is 1. The summed E-state index contributed by atoms with van der Waals surface area (Å²) in [4.78, 5) is 12.0. The van der Waals surface area contributed by atoms with Crippen molar-refractivity contribution in [1.82, 2.24) is 20.1 Å². The number of carbonyl (C=O) groups is 1. The first kappa shape index (κ1) is 13.4. The average molecular weight is 280 g/mol. The Hall–Kier alpha value is -2.02. The van der Waals surface area contributed by atoms with Gasteiger partial charge in [0.25, 0.3) is 5.91 Å². The summed E-state index contributed by atoms with van der Waals surface area (Å²) in [5.74, 6) is -0.0408. The van der Waals surface area contributed by atoms with Crippen molar-refractivity contribution in [3.05, 3.63) is 46.2 Å².